The summed E-state index contributed by atoms with van der Waals surface area (Å²) < 4.78 is 23.1. The molecule has 0 amide bonds. The lowest BCUT2D eigenvalue weighted by Crippen LogP contribution is -2.67. The number of rotatable bonds is 6. The molecule has 12 N–H and O–H groups in total. The van der Waals surface area contributed by atoms with Crippen LogP contribution in [-0.4, -0.2) is 122 Å². The summed E-state index contributed by atoms with van der Waals surface area (Å²) in [6.45, 7) is 4.77. The van der Waals surface area contributed by atoms with E-state index in [-0.39, 0.29) is 5.92 Å². The third-order valence-electron chi connectivity index (χ3n) is 6.83. The Hall–Kier alpha value is -0.520. The highest BCUT2D eigenvalue weighted by Crippen LogP contribution is 2.35. The molecule has 3 rings (SSSR count). The number of ether oxygens (including phenoxy) is 4. The standard InChI is InChI=1S/C20H39N3O10/c1-5-4-8(22)17(32-19-9(23)11(26)12(27)16(31-19)7(3)24)18(10(5)25)33-20-14(29)13(28)15(30-20)6(2)21/h5-20,24-29H,4,21-23H2,1-3H3/t5-,6+,7-,8?,9+,10-,11?,12+,13-,14?,15-,16?,17-,18?,19-,20+/m1/s1. The summed E-state index contributed by atoms with van der Waals surface area (Å²) in [7, 11) is 0. The summed E-state index contributed by atoms with van der Waals surface area (Å²) in [6.07, 6.45) is -14.2. The van der Waals surface area contributed by atoms with E-state index in [2.05, 4.69) is 0 Å². The Labute approximate surface area is 192 Å². The third kappa shape index (κ3) is 5.35. The Balaban J connectivity index is 1.80. The van der Waals surface area contributed by atoms with Crippen molar-refractivity contribution in [1.29, 1.82) is 0 Å². The minimum absolute atomic E-state index is 0.295. The second kappa shape index (κ2) is 10.6. The lowest BCUT2D eigenvalue weighted by Gasteiger charge is -2.47. The first-order valence-corrected chi connectivity index (χ1v) is 11.3. The van der Waals surface area contributed by atoms with Crippen LogP contribution in [0, 0.1) is 5.92 Å². The second-order valence-electron chi connectivity index (χ2n) is 9.65. The van der Waals surface area contributed by atoms with Crippen LogP contribution in [0.4, 0.5) is 0 Å². The normalized spacial score (nSPS) is 53.1. The molecule has 2 saturated heterocycles. The van der Waals surface area contributed by atoms with E-state index in [1.54, 1.807) is 13.8 Å². The predicted molar refractivity (Wildman–Crippen MR) is 112 cm³/mol. The van der Waals surface area contributed by atoms with Gasteiger partial charge in [0.1, 0.15) is 48.8 Å². The highest BCUT2D eigenvalue weighted by Gasteiger charge is 2.52. The average molecular weight is 482 g/mol. The number of aliphatic hydroxyl groups is 6. The number of hydrogen-bond acceptors (Lipinski definition) is 13. The van der Waals surface area contributed by atoms with E-state index in [9.17, 15) is 30.6 Å². The van der Waals surface area contributed by atoms with Crippen LogP contribution < -0.4 is 17.2 Å². The van der Waals surface area contributed by atoms with Crippen molar-refractivity contribution in [3.63, 3.8) is 0 Å². The topological polar surface area (TPSA) is 236 Å². The maximum absolute atomic E-state index is 10.9. The van der Waals surface area contributed by atoms with E-state index in [0.717, 1.165) is 0 Å². The van der Waals surface area contributed by atoms with Crippen molar-refractivity contribution in [2.75, 3.05) is 0 Å². The maximum Gasteiger partial charge on any atom is 0.187 e. The maximum atomic E-state index is 10.9. The monoisotopic (exact) mass is 481 g/mol. The van der Waals surface area contributed by atoms with Gasteiger partial charge in [-0.3, -0.25) is 0 Å². The van der Waals surface area contributed by atoms with E-state index in [1.807, 2.05) is 0 Å². The largest absolute Gasteiger partial charge is 0.391 e. The smallest absolute Gasteiger partial charge is 0.187 e. The molecule has 0 spiro atoms. The first-order chi connectivity index (χ1) is 15.3. The van der Waals surface area contributed by atoms with Crippen LogP contribution in [0.2, 0.25) is 0 Å². The molecule has 0 aromatic rings. The molecule has 33 heavy (non-hydrogen) atoms. The molecule has 2 heterocycles. The molecule has 0 radical (unpaired) electrons. The van der Waals surface area contributed by atoms with E-state index >= 15 is 0 Å². The minimum Gasteiger partial charge on any atom is -0.391 e. The van der Waals surface area contributed by atoms with Gasteiger partial charge in [-0.25, -0.2) is 0 Å². The molecular weight excluding hydrogens is 442 g/mol. The van der Waals surface area contributed by atoms with Crippen molar-refractivity contribution in [1.82, 2.24) is 0 Å². The van der Waals surface area contributed by atoms with Crippen LogP contribution in [0.3, 0.4) is 0 Å². The molecule has 1 saturated carbocycles. The Morgan fingerprint density at radius 2 is 1.33 bits per heavy atom. The van der Waals surface area contributed by atoms with Gasteiger partial charge in [0, 0.05) is 12.1 Å². The van der Waals surface area contributed by atoms with Crippen molar-refractivity contribution < 1.29 is 49.6 Å². The van der Waals surface area contributed by atoms with E-state index in [0.29, 0.717) is 6.42 Å². The number of hydrogen-bond donors (Lipinski definition) is 9. The Kier molecular flexibility index (Phi) is 8.71. The molecule has 3 aliphatic rings. The predicted octanol–water partition coefficient (Wildman–Crippen LogP) is -4.57. The van der Waals surface area contributed by atoms with Crippen molar-refractivity contribution in [3.05, 3.63) is 0 Å². The molecule has 0 aromatic carbocycles. The van der Waals surface area contributed by atoms with Crippen LogP contribution in [0.15, 0.2) is 0 Å². The van der Waals surface area contributed by atoms with E-state index in [4.69, 9.17) is 36.1 Å². The lowest BCUT2D eigenvalue weighted by molar-refractivity contribution is -0.317. The molecule has 13 heteroatoms. The highest BCUT2D eigenvalue weighted by molar-refractivity contribution is 5.00. The Morgan fingerprint density at radius 1 is 0.788 bits per heavy atom. The SMILES string of the molecule is C[C@H](N)[C@H]1O[C@@H](OC2[C@H](O[C@H]3OC([C@@H](C)O)[C@@H](O)C(O)[C@@H]3N)C(N)C[C@@H](C)[C@H]2O)C(O)[C@H]1O. The fraction of sp³-hybridized carbons (Fsp3) is 1.00. The summed E-state index contributed by atoms with van der Waals surface area (Å²) >= 11 is 0. The van der Waals surface area contributed by atoms with Gasteiger partial charge in [-0.05, 0) is 26.2 Å². The average Bonchev–Trinajstić information content (AvgIpc) is 3.02. The molecule has 194 valence electrons. The van der Waals surface area contributed by atoms with Crippen LogP contribution in [-0.2, 0) is 18.9 Å². The van der Waals surface area contributed by atoms with Gasteiger partial charge in [0.15, 0.2) is 12.6 Å². The van der Waals surface area contributed by atoms with Crippen molar-refractivity contribution >= 4 is 0 Å². The van der Waals surface area contributed by atoms with Crippen LogP contribution in [0.1, 0.15) is 27.2 Å². The van der Waals surface area contributed by atoms with Crippen molar-refractivity contribution in [2.45, 2.75) is 119 Å². The highest BCUT2D eigenvalue weighted by atomic mass is 16.7. The Morgan fingerprint density at radius 3 is 1.88 bits per heavy atom. The van der Waals surface area contributed by atoms with Gasteiger partial charge in [-0.15, -0.1) is 0 Å². The van der Waals surface area contributed by atoms with Crippen LogP contribution in [0.5, 0.6) is 0 Å². The molecule has 5 unspecified atom stereocenters. The molecule has 3 fully saturated rings. The van der Waals surface area contributed by atoms with Gasteiger partial charge >= 0.3 is 0 Å². The fourth-order valence-electron chi connectivity index (χ4n) is 4.76. The van der Waals surface area contributed by atoms with E-state index in [1.165, 1.54) is 6.92 Å². The van der Waals surface area contributed by atoms with Gasteiger partial charge in [-0.1, -0.05) is 6.92 Å². The quantitative estimate of drug-likeness (QED) is 0.174. The van der Waals surface area contributed by atoms with Crippen molar-refractivity contribution in [3.8, 4) is 0 Å². The third-order valence-corrected chi connectivity index (χ3v) is 6.83. The van der Waals surface area contributed by atoms with Gasteiger partial charge in [-0.2, -0.15) is 0 Å². The lowest BCUT2D eigenvalue weighted by atomic mass is 9.80. The molecule has 1 aliphatic carbocycles. The minimum atomic E-state index is -1.45. The van der Waals surface area contributed by atoms with E-state index < -0.39 is 91.7 Å². The van der Waals surface area contributed by atoms with Gasteiger partial charge in [0.2, 0.25) is 0 Å². The second-order valence-corrected chi connectivity index (χ2v) is 9.65. The summed E-state index contributed by atoms with van der Waals surface area (Å²) in [5.41, 5.74) is 18.1. The molecule has 16 atom stereocenters. The molecule has 13 nitrogen and oxygen atoms in total. The molecule has 2 aliphatic heterocycles. The summed E-state index contributed by atoms with van der Waals surface area (Å²) in [5, 5.41) is 61.9. The molecular formula is C20H39N3O10. The molecule has 0 bridgehead atoms. The zero-order valence-corrected chi connectivity index (χ0v) is 19.0. The van der Waals surface area contributed by atoms with Gasteiger partial charge in [0.05, 0.1) is 18.2 Å². The summed E-state index contributed by atoms with van der Waals surface area (Å²) in [6, 6.07) is -2.44. The van der Waals surface area contributed by atoms with Gasteiger partial charge in [0.25, 0.3) is 0 Å². The van der Waals surface area contributed by atoms with Crippen LogP contribution >= 0.6 is 0 Å². The Bertz CT molecular complexity index is 645. The first-order valence-electron chi connectivity index (χ1n) is 11.3. The summed E-state index contributed by atoms with van der Waals surface area (Å²) in [4.78, 5) is 0. The fourth-order valence-corrected chi connectivity index (χ4v) is 4.76. The van der Waals surface area contributed by atoms with Crippen molar-refractivity contribution in [2.24, 2.45) is 23.1 Å². The number of nitrogens with two attached hydrogens (primary N) is 3. The first kappa shape index (κ1) is 27.1. The van der Waals surface area contributed by atoms with Crippen LogP contribution in [0.25, 0.3) is 0 Å². The zero-order chi connectivity index (χ0) is 24.8. The zero-order valence-electron chi connectivity index (χ0n) is 19.0. The van der Waals surface area contributed by atoms with Gasteiger partial charge < -0.3 is 66.8 Å². The number of aliphatic hydroxyl groups excluding tert-OH is 6. The summed E-state index contributed by atoms with van der Waals surface area (Å²) in [5.74, 6) is -0.295. The molecule has 0 aromatic heterocycles.